The molecule has 1 rings (SSSR count). The van der Waals surface area contributed by atoms with Crippen molar-refractivity contribution < 1.29 is 9.47 Å². The van der Waals surface area contributed by atoms with Crippen LogP contribution in [0.25, 0.3) is 6.08 Å². The van der Waals surface area contributed by atoms with E-state index in [4.69, 9.17) is 9.47 Å². The Labute approximate surface area is 104 Å². The lowest BCUT2D eigenvalue weighted by Crippen LogP contribution is -1.97. The van der Waals surface area contributed by atoms with E-state index in [-0.39, 0.29) is 0 Å². The zero-order chi connectivity index (χ0) is 12.7. The van der Waals surface area contributed by atoms with Crippen LogP contribution in [0.2, 0.25) is 0 Å². The van der Waals surface area contributed by atoms with E-state index < -0.39 is 0 Å². The first-order chi connectivity index (χ1) is 8.17. The number of hydrogen-bond donors (Lipinski definition) is 0. The summed E-state index contributed by atoms with van der Waals surface area (Å²) in [6, 6.07) is 5.92. The highest BCUT2D eigenvalue weighted by molar-refractivity contribution is 5.55. The quantitative estimate of drug-likeness (QED) is 0.712. The molecule has 0 bridgehead atoms. The monoisotopic (exact) mass is 232 g/mol. The molecule has 0 aliphatic heterocycles. The summed E-state index contributed by atoms with van der Waals surface area (Å²) >= 11 is 0. The van der Waals surface area contributed by atoms with E-state index in [0.29, 0.717) is 6.61 Å². The van der Waals surface area contributed by atoms with Gasteiger partial charge in [0.25, 0.3) is 0 Å². The Morgan fingerprint density at radius 1 is 1.24 bits per heavy atom. The van der Waals surface area contributed by atoms with Crippen LogP contribution in [-0.4, -0.2) is 13.7 Å². The average molecular weight is 232 g/mol. The highest BCUT2D eigenvalue weighted by Crippen LogP contribution is 2.28. The van der Waals surface area contributed by atoms with Crippen LogP contribution in [0.15, 0.2) is 35.9 Å². The first kappa shape index (κ1) is 13.4. The molecular weight excluding hydrogens is 212 g/mol. The number of allylic oxidation sites excluding steroid dienone is 2. The van der Waals surface area contributed by atoms with Gasteiger partial charge in [-0.05, 0) is 44.5 Å². The Morgan fingerprint density at radius 3 is 2.59 bits per heavy atom. The summed E-state index contributed by atoms with van der Waals surface area (Å²) in [6.45, 7) is 6.67. The van der Waals surface area contributed by atoms with Crippen molar-refractivity contribution in [3.05, 3.63) is 41.5 Å². The van der Waals surface area contributed by atoms with Crippen LogP contribution in [0.1, 0.15) is 26.3 Å². The number of methoxy groups -OCH3 is 1. The number of hydrogen-bond acceptors (Lipinski definition) is 2. The second kappa shape index (κ2) is 6.79. The maximum absolute atomic E-state index is 5.65. The van der Waals surface area contributed by atoms with Gasteiger partial charge in [-0.25, -0.2) is 0 Å². The van der Waals surface area contributed by atoms with Crippen molar-refractivity contribution in [3.63, 3.8) is 0 Å². The topological polar surface area (TPSA) is 18.5 Å². The van der Waals surface area contributed by atoms with Crippen molar-refractivity contribution in [1.29, 1.82) is 0 Å². The Hall–Kier alpha value is -1.70. The molecule has 0 N–H and O–H groups in total. The molecule has 0 fully saturated rings. The fourth-order valence-corrected chi connectivity index (χ4v) is 1.40. The van der Waals surface area contributed by atoms with Gasteiger partial charge in [0.1, 0.15) is 6.61 Å². The molecule has 0 heterocycles. The van der Waals surface area contributed by atoms with Crippen molar-refractivity contribution >= 4 is 6.08 Å². The van der Waals surface area contributed by atoms with Gasteiger partial charge in [0.2, 0.25) is 0 Å². The number of ether oxygens (including phenoxy) is 2. The van der Waals surface area contributed by atoms with Gasteiger partial charge in [-0.15, -0.1) is 0 Å². The number of benzene rings is 1. The predicted octanol–water partition coefficient (Wildman–Crippen LogP) is 4.07. The SMILES string of the molecule is C/C=C/c1ccc(OCC=C(C)C)c(OC)c1. The molecule has 0 saturated carbocycles. The summed E-state index contributed by atoms with van der Waals surface area (Å²) in [4.78, 5) is 0. The van der Waals surface area contributed by atoms with Crippen LogP contribution in [0.5, 0.6) is 11.5 Å². The summed E-state index contributed by atoms with van der Waals surface area (Å²) in [5.74, 6) is 1.54. The Bertz CT molecular complexity index is 413. The van der Waals surface area contributed by atoms with Crippen molar-refractivity contribution in [2.45, 2.75) is 20.8 Å². The van der Waals surface area contributed by atoms with Gasteiger partial charge in [-0.1, -0.05) is 23.8 Å². The van der Waals surface area contributed by atoms with Gasteiger partial charge in [0.05, 0.1) is 7.11 Å². The van der Waals surface area contributed by atoms with Gasteiger partial charge in [0.15, 0.2) is 11.5 Å². The first-order valence-corrected chi connectivity index (χ1v) is 5.74. The molecule has 0 spiro atoms. The smallest absolute Gasteiger partial charge is 0.161 e. The zero-order valence-electron chi connectivity index (χ0n) is 11.0. The lowest BCUT2D eigenvalue weighted by Gasteiger charge is -2.10. The third kappa shape index (κ3) is 4.35. The molecule has 0 radical (unpaired) electrons. The van der Waals surface area contributed by atoms with Crippen LogP contribution in [0.4, 0.5) is 0 Å². The molecule has 0 saturated heterocycles. The largest absolute Gasteiger partial charge is 0.493 e. The van der Waals surface area contributed by atoms with Gasteiger partial charge in [-0.3, -0.25) is 0 Å². The maximum atomic E-state index is 5.65. The average Bonchev–Trinajstić information content (AvgIpc) is 2.30. The summed E-state index contributed by atoms with van der Waals surface area (Å²) in [5, 5.41) is 0. The molecule has 0 amide bonds. The van der Waals surface area contributed by atoms with Crippen molar-refractivity contribution in [1.82, 2.24) is 0 Å². The van der Waals surface area contributed by atoms with Crippen LogP contribution in [0, 0.1) is 0 Å². The molecule has 92 valence electrons. The summed E-state index contributed by atoms with van der Waals surface area (Å²) in [7, 11) is 1.66. The number of rotatable bonds is 5. The minimum Gasteiger partial charge on any atom is -0.493 e. The van der Waals surface area contributed by atoms with Crippen molar-refractivity contribution in [2.24, 2.45) is 0 Å². The van der Waals surface area contributed by atoms with Crippen molar-refractivity contribution in [3.8, 4) is 11.5 Å². The van der Waals surface area contributed by atoms with E-state index >= 15 is 0 Å². The van der Waals surface area contributed by atoms with Gasteiger partial charge >= 0.3 is 0 Å². The van der Waals surface area contributed by atoms with E-state index in [1.807, 2.05) is 43.4 Å². The molecule has 0 aliphatic rings. The molecule has 1 aromatic carbocycles. The molecule has 0 atom stereocenters. The van der Waals surface area contributed by atoms with Crippen LogP contribution in [0.3, 0.4) is 0 Å². The second-order valence-electron chi connectivity index (χ2n) is 4.00. The molecule has 0 aromatic heterocycles. The van der Waals surface area contributed by atoms with Gasteiger partial charge in [0, 0.05) is 0 Å². The van der Waals surface area contributed by atoms with Gasteiger partial charge < -0.3 is 9.47 Å². The van der Waals surface area contributed by atoms with E-state index in [2.05, 4.69) is 13.8 Å². The standard InChI is InChI=1S/C15H20O2/c1-5-6-13-7-8-14(15(11-13)16-4)17-10-9-12(2)3/h5-9,11H,10H2,1-4H3/b6-5+. The van der Waals surface area contributed by atoms with E-state index in [1.54, 1.807) is 7.11 Å². The first-order valence-electron chi connectivity index (χ1n) is 5.74. The predicted molar refractivity (Wildman–Crippen MR) is 72.6 cm³/mol. The molecule has 0 aliphatic carbocycles. The third-order valence-electron chi connectivity index (χ3n) is 2.28. The molecule has 17 heavy (non-hydrogen) atoms. The normalized spacial score (nSPS) is 10.4. The van der Waals surface area contributed by atoms with Gasteiger partial charge in [-0.2, -0.15) is 0 Å². The third-order valence-corrected chi connectivity index (χ3v) is 2.28. The molecular formula is C15H20O2. The fourth-order valence-electron chi connectivity index (χ4n) is 1.40. The molecule has 2 heteroatoms. The Kier molecular flexibility index (Phi) is 5.34. The minimum absolute atomic E-state index is 0.571. The molecule has 2 nitrogen and oxygen atoms in total. The minimum atomic E-state index is 0.571. The summed E-state index contributed by atoms with van der Waals surface area (Å²) < 4.78 is 11.0. The molecule has 1 aromatic rings. The lowest BCUT2D eigenvalue weighted by atomic mass is 10.2. The highest BCUT2D eigenvalue weighted by atomic mass is 16.5. The van der Waals surface area contributed by atoms with Crippen LogP contribution >= 0.6 is 0 Å². The van der Waals surface area contributed by atoms with E-state index in [0.717, 1.165) is 17.1 Å². The lowest BCUT2D eigenvalue weighted by molar-refractivity contribution is 0.325. The van der Waals surface area contributed by atoms with E-state index in [1.165, 1.54) is 5.57 Å². The highest BCUT2D eigenvalue weighted by Gasteiger charge is 2.03. The zero-order valence-corrected chi connectivity index (χ0v) is 11.0. The van der Waals surface area contributed by atoms with Crippen LogP contribution in [-0.2, 0) is 0 Å². The summed E-state index contributed by atoms with van der Waals surface area (Å²) in [6.07, 6.45) is 6.07. The summed E-state index contributed by atoms with van der Waals surface area (Å²) in [5.41, 5.74) is 2.36. The maximum Gasteiger partial charge on any atom is 0.161 e. The molecule has 0 unspecified atom stereocenters. The van der Waals surface area contributed by atoms with Crippen LogP contribution < -0.4 is 9.47 Å². The Balaban J connectivity index is 2.81. The Morgan fingerprint density at radius 2 is 2.00 bits per heavy atom. The van der Waals surface area contributed by atoms with Crippen molar-refractivity contribution in [2.75, 3.05) is 13.7 Å². The van der Waals surface area contributed by atoms with E-state index in [9.17, 15) is 0 Å². The fraction of sp³-hybridized carbons (Fsp3) is 0.333. The second-order valence-corrected chi connectivity index (χ2v) is 4.00.